The molecule has 14 heavy (non-hydrogen) atoms. The maximum atomic E-state index is 12.6. The maximum absolute atomic E-state index is 12.6. The van der Waals surface area contributed by atoms with Gasteiger partial charge in [0.1, 0.15) is 25.5 Å². The lowest BCUT2D eigenvalue weighted by atomic mass is 10.2. The van der Waals surface area contributed by atoms with Crippen molar-refractivity contribution >= 4 is 0 Å². The summed E-state index contributed by atoms with van der Waals surface area (Å²) in [6.45, 7) is 4.77. The summed E-state index contributed by atoms with van der Waals surface area (Å²) >= 11 is 0. The van der Waals surface area contributed by atoms with Crippen molar-refractivity contribution in [3.8, 4) is 0 Å². The molecule has 0 unspecified atom stereocenters. The van der Waals surface area contributed by atoms with Crippen LogP contribution >= 0.6 is 0 Å². The number of hydrogen-bond acceptors (Lipinski definition) is 1. The Bertz CT molecular complexity index is 280. The monoisotopic (exact) mass is 196 g/mol. The molecule has 0 atom stereocenters. The zero-order valence-corrected chi connectivity index (χ0v) is 8.13. The number of benzene rings is 1. The Morgan fingerprint density at radius 2 is 1.79 bits per heavy atom. The molecule has 0 radical (unpaired) electrons. The van der Waals surface area contributed by atoms with Crippen LogP contribution in [0.1, 0.15) is 5.56 Å². The van der Waals surface area contributed by atoms with Crippen LogP contribution in [0.3, 0.4) is 0 Å². The van der Waals surface area contributed by atoms with Gasteiger partial charge in [0.05, 0.1) is 13.2 Å². The predicted octanol–water partition coefficient (Wildman–Crippen LogP) is 0.241. The average molecular weight is 196 g/mol. The van der Waals surface area contributed by atoms with E-state index in [1.807, 2.05) is 12.1 Å². The van der Waals surface area contributed by atoms with E-state index in [-0.39, 0.29) is 5.82 Å². The van der Waals surface area contributed by atoms with Crippen LogP contribution in [0.5, 0.6) is 0 Å². The van der Waals surface area contributed by atoms with E-state index in [2.05, 4.69) is 0 Å². The zero-order valence-electron chi connectivity index (χ0n) is 8.13. The van der Waals surface area contributed by atoms with Crippen molar-refractivity contribution in [1.82, 2.24) is 0 Å². The van der Waals surface area contributed by atoms with Crippen molar-refractivity contribution in [3.05, 3.63) is 35.6 Å². The molecule has 0 bridgehead atoms. The van der Waals surface area contributed by atoms with E-state index >= 15 is 0 Å². The minimum absolute atomic E-state index is 0.161. The Hall–Kier alpha value is -0.930. The molecular formula is C11H15FNO+. The number of halogens is 1. The van der Waals surface area contributed by atoms with E-state index in [4.69, 9.17) is 4.74 Å². The van der Waals surface area contributed by atoms with Crippen LogP contribution in [0, 0.1) is 5.82 Å². The highest BCUT2D eigenvalue weighted by molar-refractivity contribution is 5.14. The van der Waals surface area contributed by atoms with Gasteiger partial charge in [0.15, 0.2) is 0 Å². The molecule has 1 aliphatic heterocycles. The first-order chi connectivity index (χ1) is 6.84. The van der Waals surface area contributed by atoms with E-state index in [0.717, 1.165) is 32.8 Å². The summed E-state index contributed by atoms with van der Waals surface area (Å²) in [5.74, 6) is -0.161. The minimum Gasteiger partial charge on any atom is -0.370 e. The molecule has 76 valence electrons. The molecule has 2 nitrogen and oxygen atoms in total. The fraction of sp³-hybridized carbons (Fsp3) is 0.455. The minimum atomic E-state index is -0.161. The van der Waals surface area contributed by atoms with E-state index in [9.17, 15) is 4.39 Å². The number of quaternary nitrogens is 1. The lowest BCUT2D eigenvalue weighted by molar-refractivity contribution is -0.921. The second-order valence-electron chi connectivity index (χ2n) is 3.67. The van der Waals surface area contributed by atoms with Crippen molar-refractivity contribution in [2.75, 3.05) is 26.3 Å². The van der Waals surface area contributed by atoms with Crippen LogP contribution in [0.25, 0.3) is 0 Å². The fourth-order valence-corrected chi connectivity index (χ4v) is 1.73. The molecule has 0 aliphatic carbocycles. The molecular weight excluding hydrogens is 181 g/mol. The number of ether oxygens (including phenoxy) is 1. The van der Waals surface area contributed by atoms with Gasteiger partial charge < -0.3 is 9.64 Å². The summed E-state index contributed by atoms with van der Waals surface area (Å²) in [5, 5.41) is 0. The molecule has 2 rings (SSSR count). The van der Waals surface area contributed by atoms with Gasteiger partial charge in [0.2, 0.25) is 0 Å². The van der Waals surface area contributed by atoms with Gasteiger partial charge in [-0.05, 0) is 12.1 Å². The van der Waals surface area contributed by atoms with Crippen molar-refractivity contribution in [3.63, 3.8) is 0 Å². The van der Waals surface area contributed by atoms with Crippen molar-refractivity contribution in [1.29, 1.82) is 0 Å². The summed E-state index contributed by atoms with van der Waals surface area (Å²) in [6.07, 6.45) is 0. The normalized spacial score (nSPS) is 18.4. The van der Waals surface area contributed by atoms with Gasteiger partial charge in [-0.3, -0.25) is 0 Å². The number of morpholine rings is 1. The molecule has 3 heteroatoms. The van der Waals surface area contributed by atoms with Crippen LogP contribution < -0.4 is 4.90 Å². The quantitative estimate of drug-likeness (QED) is 0.715. The Kier molecular flexibility index (Phi) is 3.11. The predicted molar refractivity (Wildman–Crippen MR) is 51.6 cm³/mol. The highest BCUT2D eigenvalue weighted by Crippen LogP contribution is 2.00. The highest BCUT2D eigenvalue weighted by atomic mass is 19.1. The fourth-order valence-electron chi connectivity index (χ4n) is 1.73. The molecule has 1 saturated heterocycles. The van der Waals surface area contributed by atoms with Crippen molar-refractivity contribution < 1.29 is 14.0 Å². The number of nitrogens with one attached hydrogen (secondary N) is 1. The molecule has 1 heterocycles. The number of rotatable bonds is 2. The largest absolute Gasteiger partial charge is 0.370 e. The summed E-state index contributed by atoms with van der Waals surface area (Å²) < 4.78 is 17.9. The smallest absolute Gasteiger partial charge is 0.123 e. The van der Waals surface area contributed by atoms with Gasteiger partial charge in [-0.25, -0.2) is 4.39 Å². The third-order valence-electron chi connectivity index (χ3n) is 2.57. The summed E-state index contributed by atoms with van der Waals surface area (Å²) in [4.78, 5) is 1.52. The second kappa shape index (κ2) is 4.53. The molecule has 0 aromatic heterocycles. The van der Waals surface area contributed by atoms with Gasteiger partial charge in [-0.2, -0.15) is 0 Å². The Morgan fingerprint density at radius 3 is 2.43 bits per heavy atom. The van der Waals surface area contributed by atoms with Gasteiger partial charge in [0.25, 0.3) is 0 Å². The van der Waals surface area contributed by atoms with E-state index < -0.39 is 0 Å². The van der Waals surface area contributed by atoms with Crippen molar-refractivity contribution in [2.45, 2.75) is 6.54 Å². The van der Waals surface area contributed by atoms with Gasteiger partial charge in [0, 0.05) is 5.56 Å². The molecule has 1 N–H and O–H groups in total. The summed E-state index contributed by atoms with van der Waals surface area (Å²) in [5.41, 5.74) is 1.20. The SMILES string of the molecule is Fc1ccc(C[NH+]2CCOCC2)cc1. The lowest BCUT2D eigenvalue weighted by Gasteiger charge is -2.23. The second-order valence-corrected chi connectivity index (χ2v) is 3.67. The van der Waals surface area contributed by atoms with E-state index in [0.29, 0.717) is 0 Å². The first-order valence-electron chi connectivity index (χ1n) is 5.00. The van der Waals surface area contributed by atoms with Crippen molar-refractivity contribution in [2.24, 2.45) is 0 Å². The summed E-state index contributed by atoms with van der Waals surface area (Å²) in [6, 6.07) is 6.76. The Balaban J connectivity index is 1.92. The molecule has 0 saturated carbocycles. The maximum Gasteiger partial charge on any atom is 0.123 e. The molecule has 1 aliphatic rings. The molecule has 0 amide bonds. The topological polar surface area (TPSA) is 13.7 Å². The Labute approximate surface area is 83.3 Å². The Morgan fingerprint density at radius 1 is 1.14 bits per heavy atom. The van der Waals surface area contributed by atoms with Gasteiger partial charge in [-0.15, -0.1) is 0 Å². The third-order valence-corrected chi connectivity index (χ3v) is 2.57. The number of hydrogen-bond donors (Lipinski definition) is 1. The molecule has 0 spiro atoms. The third kappa shape index (κ3) is 2.53. The highest BCUT2D eigenvalue weighted by Gasteiger charge is 2.13. The molecule has 1 fully saturated rings. The standard InChI is InChI=1S/C11H14FNO/c12-11-3-1-10(2-4-11)9-13-5-7-14-8-6-13/h1-4H,5-9H2/p+1. The van der Waals surface area contributed by atoms with Crippen LogP contribution in [0.2, 0.25) is 0 Å². The van der Waals surface area contributed by atoms with Crippen LogP contribution in [-0.2, 0) is 11.3 Å². The lowest BCUT2D eigenvalue weighted by Crippen LogP contribution is -3.12. The van der Waals surface area contributed by atoms with E-state index in [1.54, 1.807) is 0 Å². The van der Waals surface area contributed by atoms with E-state index in [1.165, 1.54) is 22.6 Å². The zero-order chi connectivity index (χ0) is 9.80. The van der Waals surface area contributed by atoms with Gasteiger partial charge >= 0.3 is 0 Å². The summed E-state index contributed by atoms with van der Waals surface area (Å²) in [7, 11) is 0. The molecule has 1 aromatic carbocycles. The van der Waals surface area contributed by atoms with Gasteiger partial charge in [-0.1, -0.05) is 12.1 Å². The first-order valence-corrected chi connectivity index (χ1v) is 5.00. The van der Waals surface area contributed by atoms with Crippen LogP contribution in [0.15, 0.2) is 24.3 Å². The van der Waals surface area contributed by atoms with Crippen LogP contribution in [0.4, 0.5) is 4.39 Å². The first kappa shape index (κ1) is 9.62. The average Bonchev–Trinajstić information content (AvgIpc) is 2.23. The van der Waals surface area contributed by atoms with Crippen LogP contribution in [-0.4, -0.2) is 26.3 Å². The molecule has 1 aromatic rings.